The summed E-state index contributed by atoms with van der Waals surface area (Å²) in [6.07, 6.45) is 0. The summed E-state index contributed by atoms with van der Waals surface area (Å²) in [5, 5.41) is 2.78. The van der Waals surface area contributed by atoms with E-state index in [2.05, 4.69) is 10.1 Å². The van der Waals surface area contributed by atoms with Crippen LogP contribution in [-0.2, 0) is 0 Å². The van der Waals surface area contributed by atoms with Gasteiger partial charge in [-0.3, -0.25) is 9.59 Å². The molecule has 0 saturated carbocycles. The molecule has 1 atom stereocenters. The number of amides is 2. The molecule has 0 spiro atoms. The SMILES string of the molecule is CC(NC(=O)c1ccc(C(N)=O)cc1)c1ccc(OC(F)F)cc1. The minimum absolute atomic E-state index is 0.0503. The number of hydrogen-bond acceptors (Lipinski definition) is 3. The van der Waals surface area contributed by atoms with E-state index in [0.717, 1.165) is 5.56 Å². The van der Waals surface area contributed by atoms with Crippen LogP contribution in [0.4, 0.5) is 8.78 Å². The average Bonchev–Trinajstić information content (AvgIpc) is 2.55. The van der Waals surface area contributed by atoms with Crippen LogP contribution in [0.25, 0.3) is 0 Å². The van der Waals surface area contributed by atoms with Gasteiger partial charge in [0, 0.05) is 11.1 Å². The third-order valence-electron chi connectivity index (χ3n) is 3.38. The smallest absolute Gasteiger partial charge is 0.387 e. The molecule has 0 aromatic heterocycles. The molecule has 0 saturated heterocycles. The summed E-state index contributed by atoms with van der Waals surface area (Å²) < 4.78 is 28.5. The van der Waals surface area contributed by atoms with Gasteiger partial charge in [0.15, 0.2) is 0 Å². The molecule has 2 aromatic rings. The van der Waals surface area contributed by atoms with E-state index in [1.54, 1.807) is 19.1 Å². The van der Waals surface area contributed by atoms with Gasteiger partial charge in [0.2, 0.25) is 5.91 Å². The first kappa shape index (κ1) is 17.4. The molecular formula is C17H16F2N2O3. The van der Waals surface area contributed by atoms with Gasteiger partial charge in [-0.15, -0.1) is 0 Å². The van der Waals surface area contributed by atoms with Gasteiger partial charge in [0.25, 0.3) is 5.91 Å². The van der Waals surface area contributed by atoms with Crippen molar-refractivity contribution >= 4 is 11.8 Å². The second kappa shape index (κ2) is 7.54. The minimum atomic E-state index is -2.88. The summed E-state index contributed by atoms with van der Waals surface area (Å²) in [6.45, 7) is -1.12. The van der Waals surface area contributed by atoms with Gasteiger partial charge < -0.3 is 15.8 Å². The minimum Gasteiger partial charge on any atom is -0.435 e. The lowest BCUT2D eigenvalue weighted by Crippen LogP contribution is -2.26. The van der Waals surface area contributed by atoms with Crippen molar-refractivity contribution in [1.29, 1.82) is 0 Å². The Labute approximate surface area is 137 Å². The Hall–Kier alpha value is -2.96. The molecule has 2 aromatic carbocycles. The van der Waals surface area contributed by atoms with Crippen LogP contribution in [0.5, 0.6) is 5.75 Å². The maximum absolute atomic E-state index is 12.2. The van der Waals surface area contributed by atoms with Gasteiger partial charge in [-0.05, 0) is 48.9 Å². The molecular weight excluding hydrogens is 318 g/mol. The lowest BCUT2D eigenvalue weighted by Gasteiger charge is -2.15. The van der Waals surface area contributed by atoms with Gasteiger partial charge >= 0.3 is 6.61 Å². The Bertz CT molecular complexity index is 716. The Morgan fingerprint density at radius 3 is 2.04 bits per heavy atom. The highest BCUT2D eigenvalue weighted by atomic mass is 19.3. The maximum atomic E-state index is 12.2. The fraction of sp³-hybridized carbons (Fsp3) is 0.176. The first-order valence-electron chi connectivity index (χ1n) is 7.12. The predicted octanol–water partition coefficient (Wildman–Crippen LogP) is 2.88. The van der Waals surface area contributed by atoms with E-state index in [4.69, 9.17) is 5.73 Å². The number of nitrogens with two attached hydrogens (primary N) is 1. The number of nitrogens with one attached hydrogen (secondary N) is 1. The summed E-state index contributed by atoms with van der Waals surface area (Å²) >= 11 is 0. The van der Waals surface area contributed by atoms with Crippen LogP contribution in [0.15, 0.2) is 48.5 Å². The zero-order valence-electron chi connectivity index (χ0n) is 12.8. The zero-order chi connectivity index (χ0) is 17.7. The average molecular weight is 334 g/mol. The van der Waals surface area contributed by atoms with Crippen molar-refractivity contribution in [3.63, 3.8) is 0 Å². The van der Waals surface area contributed by atoms with Crippen LogP contribution in [0.3, 0.4) is 0 Å². The highest BCUT2D eigenvalue weighted by Crippen LogP contribution is 2.19. The standard InChI is InChI=1S/C17H16F2N2O3/c1-10(11-6-8-14(9-7-11)24-17(18)19)21-16(23)13-4-2-12(3-5-13)15(20)22/h2-10,17H,1H3,(H2,20,22)(H,21,23). The monoisotopic (exact) mass is 334 g/mol. The van der Waals surface area contributed by atoms with Crippen molar-refractivity contribution in [2.75, 3.05) is 0 Å². The van der Waals surface area contributed by atoms with Crippen molar-refractivity contribution in [2.45, 2.75) is 19.6 Å². The van der Waals surface area contributed by atoms with Crippen LogP contribution in [-0.4, -0.2) is 18.4 Å². The molecule has 0 aliphatic rings. The van der Waals surface area contributed by atoms with E-state index >= 15 is 0 Å². The quantitative estimate of drug-likeness (QED) is 0.852. The van der Waals surface area contributed by atoms with Crippen molar-refractivity contribution in [2.24, 2.45) is 5.73 Å². The molecule has 3 N–H and O–H groups in total. The molecule has 1 unspecified atom stereocenters. The normalized spacial score (nSPS) is 11.8. The molecule has 0 bridgehead atoms. The second-order valence-corrected chi connectivity index (χ2v) is 5.08. The number of carbonyl (C=O) groups is 2. The summed E-state index contributed by atoms with van der Waals surface area (Å²) in [4.78, 5) is 23.2. The third kappa shape index (κ3) is 4.52. The van der Waals surface area contributed by atoms with Crippen molar-refractivity contribution in [1.82, 2.24) is 5.32 Å². The fourth-order valence-electron chi connectivity index (χ4n) is 2.09. The Kier molecular flexibility index (Phi) is 5.47. The molecule has 2 rings (SSSR count). The second-order valence-electron chi connectivity index (χ2n) is 5.08. The number of primary amides is 1. The van der Waals surface area contributed by atoms with Crippen LogP contribution in [0, 0.1) is 0 Å². The first-order chi connectivity index (χ1) is 11.4. The lowest BCUT2D eigenvalue weighted by atomic mass is 10.1. The van der Waals surface area contributed by atoms with E-state index < -0.39 is 12.5 Å². The van der Waals surface area contributed by atoms with E-state index in [1.165, 1.54) is 36.4 Å². The van der Waals surface area contributed by atoms with Gasteiger partial charge in [0.05, 0.1) is 6.04 Å². The van der Waals surface area contributed by atoms with Crippen LogP contribution in [0.2, 0.25) is 0 Å². The largest absolute Gasteiger partial charge is 0.435 e. The van der Waals surface area contributed by atoms with E-state index in [9.17, 15) is 18.4 Å². The molecule has 0 fully saturated rings. The molecule has 7 heteroatoms. The predicted molar refractivity (Wildman–Crippen MR) is 83.9 cm³/mol. The number of hydrogen-bond donors (Lipinski definition) is 2. The molecule has 2 amide bonds. The number of halogens is 2. The number of rotatable bonds is 6. The summed E-state index contributed by atoms with van der Waals surface area (Å²) in [6, 6.07) is 11.6. The van der Waals surface area contributed by atoms with Gasteiger partial charge in [0.1, 0.15) is 5.75 Å². The molecule has 5 nitrogen and oxygen atoms in total. The Morgan fingerprint density at radius 2 is 1.54 bits per heavy atom. The molecule has 0 aliphatic carbocycles. The highest BCUT2D eigenvalue weighted by molar-refractivity contribution is 5.97. The molecule has 24 heavy (non-hydrogen) atoms. The van der Waals surface area contributed by atoms with Crippen molar-refractivity contribution < 1.29 is 23.1 Å². The summed E-state index contributed by atoms with van der Waals surface area (Å²) in [7, 11) is 0. The summed E-state index contributed by atoms with van der Waals surface area (Å²) in [5.41, 5.74) is 6.57. The van der Waals surface area contributed by atoms with Crippen molar-refractivity contribution in [3.05, 3.63) is 65.2 Å². The van der Waals surface area contributed by atoms with Gasteiger partial charge in [-0.2, -0.15) is 8.78 Å². The van der Waals surface area contributed by atoms with E-state index in [1.807, 2.05) is 0 Å². The molecule has 0 heterocycles. The van der Waals surface area contributed by atoms with Crippen molar-refractivity contribution in [3.8, 4) is 5.75 Å². The van der Waals surface area contributed by atoms with Crippen LogP contribution < -0.4 is 15.8 Å². The number of alkyl halides is 2. The fourth-order valence-corrected chi connectivity index (χ4v) is 2.09. The zero-order valence-corrected chi connectivity index (χ0v) is 12.8. The van der Waals surface area contributed by atoms with Gasteiger partial charge in [-0.1, -0.05) is 12.1 Å². The lowest BCUT2D eigenvalue weighted by molar-refractivity contribution is -0.0498. The first-order valence-corrected chi connectivity index (χ1v) is 7.12. The molecule has 126 valence electrons. The highest BCUT2D eigenvalue weighted by Gasteiger charge is 2.13. The van der Waals surface area contributed by atoms with E-state index in [-0.39, 0.29) is 17.7 Å². The molecule has 0 aliphatic heterocycles. The van der Waals surface area contributed by atoms with Crippen LogP contribution in [0.1, 0.15) is 39.2 Å². The van der Waals surface area contributed by atoms with E-state index in [0.29, 0.717) is 11.1 Å². The topological polar surface area (TPSA) is 81.4 Å². The van der Waals surface area contributed by atoms with Crippen LogP contribution >= 0.6 is 0 Å². The van der Waals surface area contributed by atoms with Gasteiger partial charge in [-0.25, -0.2) is 0 Å². The Balaban J connectivity index is 2.01. The number of benzene rings is 2. The number of ether oxygens (including phenoxy) is 1. The number of carbonyl (C=O) groups excluding carboxylic acids is 2. The Morgan fingerprint density at radius 1 is 1.00 bits per heavy atom. The molecule has 0 radical (unpaired) electrons. The summed E-state index contributed by atoms with van der Waals surface area (Å²) in [5.74, 6) is -0.845. The maximum Gasteiger partial charge on any atom is 0.387 e. The third-order valence-corrected chi connectivity index (χ3v) is 3.38.